The van der Waals surface area contributed by atoms with Crippen LogP contribution in [0.1, 0.15) is 38.4 Å². The molecular formula is C26H33F3N2O5. The van der Waals surface area contributed by atoms with Gasteiger partial charge in [-0.2, -0.15) is 13.2 Å². The zero-order valence-electron chi connectivity index (χ0n) is 20.6. The highest BCUT2D eigenvalue weighted by molar-refractivity contribution is 5.84. The summed E-state index contributed by atoms with van der Waals surface area (Å²) >= 11 is 0. The molecule has 2 bridgehead atoms. The van der Waals surface area contributed by atoms with Crippen LogP contribution in [0.15, 0.2) is 43.1 Å². The van der Waals surface area contributed by atoms with E-state index >= 15 is 0 Å². The topological polar surface area (TPSA) is 92.1 Å². The number of rotatable bonds is 7. The van der Waals surface area contributed by atoms with Gasteiger partial charge >= 0.3 is 12.1 Å². The number of methoxy groups -OCH3 is 1. The number of fused-ring (bicyclic) bond motifs is 4. The van der Waals surface area contributed by atoms with Gasteiger partial charge in [-0.3, -0.25) is 9.88 Å². The summed E-state index contributed by atoms with van der Waals surface area (Å²) in [5.41, 5.74) is 1.85. The lowest BCUT2D eigenvalue weighted by Gasteiger charge is -2.50. The zero-order valence-corrected chi connectivity index (χ0v) is 20.6. The van der Waals surface area contributed by atoms with Crippen molar-refractivity contribution in [1.29, 1.82) is 0 Å². The Morgan fingerprint density at radius 2 is 2.03 bits per heavy atom. The summed E-state index contributed by atoms with van der Waals surface area (Å²) in [7, 11) is 1.66. The minimum Gasteiger partial charge on any atom is -0.497 e. The summed E-state index contributed by atoms with van der Waals surface area (Å²) in [4.78, 5) is 16.9. The molecule has 0 radical (unpaired) electrons. The Kier molecular flexibility index (Phi) is 8.97. The number of aromatic nitrogens is 1. The molecule has 7 atom stereocenters. The second-order valence-electron chi connectivity index (χ2n) is 9.27. The quantitative estimate of drug-likeness (QED) is 0.526. The van der Waals surface area contributed by atoms with E-state index in [1.54, 1.807) is 13.3 Å². The molecule has 3 aliphatic rings. The van der Waals surface area contributed by atoms with E-state index in [0.717, 1.165) is 55.6 Å². The number of alkyl halides is 3. The minimum absolute atomic E-state index is 0.178. The molecule has 198 valence electrons. The summed E-state index contributed by atoms with van der Waals surface area (Å²) in [5, 5.41) is 20.3. The number of aliphatic hydroxyl groups excluding tert-OH is 1. The lowest BCUT2D eigenvalue weighted by molar-refractivity contribution is -0.226. The number of carboxylic acids is 1. The largest absolute Gasteiger partial charge is 0.497 e. The molecule has 0 saturated carbocycles. The molecule has 3 unspecified atom stereocenters. The van der Waals surface area contributed by atoms with Crippen LogP contribution in [-0.2, 0) is 9.53 Å². The molecule has 7 nitrogen and oxygen atoms in total. The number of hydrogen-bond donors (Lipinski definition) is 2. The lowest BCUT2D eigenvalue weighted by Crippen LogP contribution is -2.54. The van der Waals surface area contributed by atoms with E-state index in [2.05, 4.69) is 27.3 Å². The highest BCUT2D eigenvalue weighted by Crippen LogP contribution is 2.42. The summed E-state index contributed by atoms with van der Waals surface area (Å²) in [6.45, 7) is 7.88. The summed E-state index contributed by atoms with van der Waals surface area (Å²) < 4.78 is 44.8. The van der Waals surface area contributed by atoms with Crippen molar-refractivity contribution in [2.45, 2.75) is 57.2 Å². The molecule has 3 aliphatic heterocycles. The second kappa shape index (κ2) is 11.6. The molecule has 0 aliphatic carbocycles. The molecule has 36 heavy (non-hydrogen) atoms. The van der Waals surface area contributed by atoms with E-state index < -0.39 is 30.5 Å². The van der Waals surface area contributed by atoms with Crippen LogP contribution in [-0.4, -0.2) is 70.7 Å². The summed E-state index contributed by atoms with van der Waals surface area (Å²) in [5.74, 6) is 0.596. The molecule has 3 fully saturated rings. The van der Waals surface area contributed by atoms with Crippen LogP contribution in [0.4, 0.5) is 13.2 Å². The first-order valence-electron chi connectivity index (χ1n) is 11.9. The number of aliphatic carboxylic acids is 1. The average molecular weight is 511 g/mol. The molecule has 1 aromatic carbocycles. The number of ether oxygens (including phenoxy) is 2. The maximum Gasteiger partial charge on any atom is 0.414 e. The van der Waals surface area contributed by atoms with E-state index in [-0.39, 0.29) is 6.04 Å². The van der Waals surface area contributed by atoms with Gasteiger partial charge in [0.15, 0.2) is 12.2 Å². The van der Waals surface area contributed by atoms with Crippen molar-refractivity contribution in [3.05, 3.63) is 48.7 Å². The average Bonchev–Trinajstić information content (AvgIpc) is 2.87. The monoisotopic (exact) mass is 510 g/mol. The normalized spacial score (nSPS) is 25.9. The standard InChI is InChI=1S/C20H24N2O2.C6H9F3O3/c1-3-13-12-22-9-7-14(13)10-19(22)20(23)16-6-8-21-18-5-4-15(24-2)11-17(16)18;1-3(5(10)11)12-4(2)6(7,8)9/h3-6,8,11,13-14,19-20,23H,1,7,9-10,12H2,2H3;3-4H,1-2H3,(H,10,11)/t13-,14-,19-,20+;/m0./s1. The third kappa shape index (κ3) is 6.35. The summed E-state index contributed by atoms with van der Waals surface area (Å²) in [6.07, 6.45) is -2.38. The fraction of sp³-hybridized carbons (Fsp3) is 0.538. The van der Waals surface area contributed by atoms with Crippen molar-refractivity contribution < 1.29 is 37.7 Å². The van der Waals surface area contributed by atoms with Gasteiger partial charge in [-0.1, -0.05) is 6.08 Å². The Balaban J connectivity index is 0.000000257. The fourth-order valence-electron chi connectivity index (χ4n) is 4.89. The highest BCUT2D eigenvalue weighted by atomic mass is 19.4. The molecule has 5 rings (SSSR count). The second-order valence-corrected chi connectivity index (χ2v) is 9.27. The van der Waals surface area contributed by atoms with Gasteiger partial charge < -0.3 is 19.7 Å². The third-order valence-electron chi connectivity index (χ3n) is 7.04. The van der Waals surface area contributed by atoms with Gasteiger partial charge in [-0.25, -0.2) is 4.79 Å². The number of nitrogens with zero attached hydrogens (tertiary/aromatic N) is 2. The maximum atomic E-state index is 11.8. The lowest BCUT2D eigenvalue weighted by atomic mass is 9.73. The molecule has 3 saturated heterocycles. The smallest absolute Gasteiger partial charge is 0.414 e. The fourth-order valence-corrected chi connectivity index (χ4v) is 4.89. The van der Waals surface area contributed by atoms with E-state index in [0.29, 0.717) is 11.8 Å². The molecule has 2 N–H and O–H groups in total. The first-order valence-corrected chi connectivity index (χ1v) is 11.9. The number of benzene rings is 1. The molecule has 1 aromatic heterocycles. The van der Waals surface area contributed by atoms with E-state index in [9.17, 15) is 23.1 Å². The van der Waals surface area contributed by atoms with Crippen molar-refractivity contribution in [3.63, 3.8) is 0 Å². The van der Waals surface area contributed by atoms with Crippen LogP contribution < -0.4 is 4.74 Å². The van der Waals surface area contributed by atoms with E-state index in [1.807, 2.05) is 24.3 Å². The molecular weight excluding hydrogens is 477 g/mol. The van der Waals surface area contributed by atoms with Crippen LogP contribution in [0.25, 0.3) is 10.9 Å². The number of pyridine rings is 1. The van der Waals surface area contributed by atoms with Crippen LogP contribution in [0.2, 0.25) is 0 Å². The number of carbonyl (C=O) groups is 1. The molecule has 4 heterocycles. The number of piperidine rings is 3. The van der Waals surface area contributed by atoms with Crippen molar-refractivity contribution in [3.8, 4) is 5.75 Å². The molecule has 0 amide bonds. The Hall–Kier alpha value is -2.69. The predicted octanol–water partition coefficient (Wildman–Crippen LogP) is 4.60. The number of hydrogen-bond acceptors (Lipinski definition) is 6. The van der Waals surface area contributed by atoms with Crippen molar-refractivity contribution in [2.24, 2.45) is 11.8 Å². The van der Waals surface area contributed by atoms with Gasteiger partial charge in [0.1, 0.15) is 5.75 Å². The summed E-state index contributed by atoms with van der Waals surface area (Å²) in [6, 6.07) is 7.96. The number of halogens is 3. The van der Waals surface area contributed by atoms with Crippen molar-refractivity contribution >= 4 is 16.9 Å². The Labute approximate surface area is 208 Å². The van der Waals surface area contributed by atoms with Crippen LogP contribution >= 0.6 is 0 Å². The highest BCUT2D eigenvalue weighted by Gasteiger charge is 2.42. The SMILES string of the molecule is C=C[C@H]1CN2CC[C@H]1C[C@H]2[C@H](O)c1ccnc2ccc(OC)cc12.CC(OC(C)C(F)(F)F)C(=O)O. The van der Waals surface area contributed by atoms with Crippen molar-refractivity contribution in [1.82, 2.24) is 9.88 Å². The van der Waals surface area contributed by atoms with Gasteiger partial charge in [-0.15, -0.1) is 6.58 Å². The van der Waals surface area contributed by atoms with Gasteiger partial charge in [0.2, 0.25) is 0 Å². The maximum absolute atomic E-state index is 11.8. The first kappa shape index (κ1) is 27.9. The Bertz CT molecular complexity index is 1060. The van der Waals surface area contributed by atoms with E-state index in [4.69, 9.17) is 9.84 Å². The molecule has 10 heteroatoms. The van der Waals surface area contributed by atoms with Crippen molar-refractivity contribution in [2.75, 3.05) is 20.2 Å². The minimum atomic E-state index is -4.51. The van der Waals surface area contributed by atoms with Gasteiger partial charge in [-0.05, 0) is 74.9 Å². The number of aliphatic hydroxyl groups is 1. The van der Waals surface area contributed by atoms with Gasteiger partial charge in [0.05, 0.1) is 18.7 Å². The third-order valence-corrected chi connectivity index (χ3v) is 7.04. The van der Waals surface area contributed by atoms with E-state index in [1.165, 1.54) is 6.42 Å². The van der Waals surface area contributed by atoms with Crippen LogP contribution in [0, 0.1) is 11.8 Å². The Morgan fingerprint density at radius 1 is 1.31 bits per heavy atom. The van der Waals surface area contributed by atoms with Gasteiger partial charge in [0, 0.05) is 24.2 Å². The van der Waals surface area contributed by atoms with Gasteiger partial charge in [0.25, 0.3) is 0 Å². The molecule has 2 aromatic rings. The molecule has 0 spiro atoms. The zero-order chi connectivity index (χ0) is 26.6. The first-order chi connectivity index (χ1) is 17.0. The predicted molar refractivity (Wildman–Crippen MR) is 129 cm³/mol. The van der Waals surface area contributed by atoms with Crippen LogP contribution in [0.3, 0.4) is 0 Å². The number of carboxylic acid groups (broad SMARTS) is 1. The Morgan fingerprint density at radius 3 is 2.58 bits per heavy atom. The van der Waals surface area contributed by atoms with Crippen LogP contribution in [0.5, 0.6) is 5.75 Å².